The van der Waals surface area contributed by atoms with Crippen molar-refractivity contribution in [1.82, 2.24) is 10.2 Å². The summed E-state index contributed by atoms with van der Waals surface area (Å²) in [6.45, 7) is 3.31. The van der Waals surface area contributed by atoms with Gasteiger partial charge in [0, 0.05) is 19.0 Å². The molecule has 0 aliphatic heterocycles. The molecule has 1 aliphatic rings. The number of nitrogens with zero attached hydrogens (tertiary/aromatic N) is 2. The third-order valence-corrected chi connectivity index (χ3v) is 11.1. The minimum Gasteiger partial charge on any atom is -0.352 e. The van der Waals surface area contributed by atoms with Crippen LogP contribution in [0.4, 0.5) is 5.69 Å². The number of anilines is 1. The van der Waals surface area contributed by atoms with E-state index in [9.17, 15) is 18.0 Å². The van der Waals surface area contributed by atoms with Crippen LogP contribution in [0.5, 0.6) is 0 Å². The molecule has 1 saturated carbocycles. The lowest BCUT2D eigenvalue weighted by atomic mass is 10.0. The number of carbonyl (C=O) groups is 2. The van der Waals surface area contributed by atoms with Gasteiger partial charge in [-0.05, 0) is 62.1 Å². The predicted molar refractivity (Wildman–Crippen MR) is 188 cm³/mol. The Morgan fingerprint density at radius 1 is 0.830 bits per heavy atom. The Hall–Kier alpha value is -3.85. The number of carbonyl (C=O) groups excluding carboxylic acids is 2. The summed E-state index contributed by atoms with van der Waals surface area (Å²) in [7, 11) is -4.30. The van der Waals surface area contributed by atoms with E-state index in [1.54, 1.807) is 24.3 Å². The van der Waals surface area contributed by atoms with Crippen molar-refractivity contribution in [3.05, 3.63) is 129 Å². The molecule has 0 radical (unpaired) electrons. The topological polar surface area (TPSA) is 86.8 Å². The summed E-state index contributed by atoms with van der Waals surface area (Å²) in [5.41, 5.74) is 3.65. The van der Waals surface area contributed by atoms with Crippen LogP contribution in [0, 0.1) is 13.8 Å². The number of aryl methyl sites for hydroxylation is 2. The van der Waals surface area contributed by atoms with E-state index in [0.717, 1.165) is 52.2 Å². The Bertz CT molecular complexity index is 1810. The van der Waals surface area contributed by atoms with Crippen LogP contribution in [0.3, 0.4) is 0 Å². The fourth-order valence-corrected chi connectivity index (χ4v) is 7.84. The highest BCUT2D eigenvalue weighted by atomic mass is 35.5. The van der Waals surface area contributed by atoms with Crippen molar-refractivity contribution >= 4 is 50.7 Å². The molecule has 1 fully saturated rings. The summed E-state index contributed by atoms with van der Waals surface area (Å²) in [6, 6.07) is 27.4. The number of rotatable bonds is 12. The molecule has 10 heteroatoms. The molecule has 0 spiro atoms. The van der Waals surface area contributed by atoms with Crippen molar-refractivity contribution in [2.24, 2.45) is 0 Å². The van der Waals surface area contributed by atoms with Crippen LogP contribution in [0.2, 0.25) is 10.0 Å². The number of halogens is 2. The Morgan fingerprint density at radius 2 is 1.49 bits per heavy atom. The average Bonchev–Trinajstić information content (AvgIpc) is 3.56. The van der Waals surface area contributed by atoms with E-state index >= 15 is 0 Å². The molecule has 0 bridgehead atoms. The lowest BCUT2D eigenvalue weighted by Gasteiger charge is -2.34. The molecule has 4 aromatic carbocycles. The van der Waals surface area contributed by atoms with Gasteiger partial charge in [0.2, 0.25) is 11.8 Å². The van der Waals surface area contributed by atoms with E-state index in [1.807, 2.05) is 68.4 Å². The molecular formula is C37H39Cl2N3O4S. The van der Waals surface area contributed by atoms with Crippen molar-refractivity contribution in [3.63, 3.8) is 0 Å². The van der Waals surface area contributed by atoms with Crippen LogP contribution < -0.4 is 9.62 Å². The third kappa shape index (κ3) is 8.55. The second kappa shape index (κ2) is 15.4. The number of amides is 2. The monoisotopic (exact) mass is 691 g/mol. The van der Waals surface area contributed by atoms with Crippen LogP contribution in [-0.2, 0) is 32.6 Å². The molecule has 246 valence electrons. The zero-order valence-corrected chi connectivity index (χ0v) is 28.9. The normalized spacial score (nSPS) is 14.0. The SMILES string of the molecule is Cc1ccc(S(=O)(=O)N(CC(=O)N(Cc2cccc(C)c2)[C@H](Cc2ccccc2)C(=O)NC2CCCC2)c2cccc(Cl)c2Cl)cc1. The zero-order valence-electron chi connectivity index (χ0n) is 26.5. The van der Waals surface area contributed by atoms with Crippen molar-refractivity contribution in [1.29, 1.82) is 0 Å². The summed E-state index contributed by atoms with van der Waals surface area (Å²) in [6.07, 6.45) is 4.08. The number of nitrogens with one attached hydrogen (secondary N) is 1. The molecule has 0 unspecified atom stereocenters. The second-order valence-electron chi connectivity index (χ2n) is 12.1. The molecule has 0 saturated heterocycles. The molecule has 5 rings (SSSR count). The number of sulfonamides is 1. The molecule has 1 N–H and O–H groups in total. The Labute approximate surface area is 287 Å². The van der Waals surface area contributed by atoms with Gasteiger partial charge in [-0.15, -0.1) is 0 Å². The molecule has 47 heavy (non-hydrogen) atoms. The van der Waals surface area contributed by atoms with Gasteiger partial charge in [0.05, 0.1) is 20.6 Å². The van der Waals surface area contributed by atoms with Gasteiger partial charge in [-0.3, -0.25) is 13.9 Å². The summed E-state index contributed by atoms with van der Waals surface area (Å²) in [5.74, 6) is -0.823. The minimum absolute atomic E-state index is 0.00250. The largest absolute Gasteiger partial charge is 0.352 e. The van der Waals surface area contributed by atoms with E-state index < -0.39 is 28.5 Å². The standard InChI is InChI=1S/C37H39Cl2N3O4S/c1-26-18-20-31(21-19-26)47(45,46)42(33-17-9-16-32(38)36(33)39)25-35(43)41(24-29-13-8-10-27(2)22-29)34(23-28-11-4-3-5-12-28)37(44)40-30-14-6-7-15-30/h3-5,8-13,16-22,30,34H,6-7,14-15,23-25H2,1-2H3,(H,40,44)/t34-/m1/s1. The number of hydrogen-bond donors (Lipinski definition) is 1. The summed E-state index contributed by atoms with van der Waals surface area (Å²) < 4.78 is 29.5. The first-order valence-electron chi connectivity index (χ1n) is 15.8. The van der Waals surface area contributed by atoms with Crippen LogP contribution in [-0.4, -0.2) is 43.8 Å². The third-order valence-electron chi connectivity index (χ3n) is 8.50. The van der Waals surface area contributed by atoms with Gasteiger partial charge in [0.1, 0.15) is 12.6 Å². The van der Waals surface area contributed by atoms with E-state index in [-0.39, 0.29) is 45.5 Å². The fraction of sp³-hybridized carbons (Fsp3) is 0.297. The quantitative estimate of drug-likeness (QED) is 0.167. The first-order chi connectivity index (χ1) is 22.5. The van der Waals surface area contributed by atoms with Gasteiger partial charge in [-0.2, -0.15) is 0 Å². The van der Waals surface area contributed by atoms with Gasteiger partial charge in [0.15, 0.2) is 0 Å². The smallest absolute Gasteiger partial charge is 0.264 e. The predicted octanol–water partition coefficient (Wildman–Crippen LogP) is 7.50. The average molecular weight is 693 g/mol. The van der Waals surface area contributed by atoms with Gasteiger partial charge in [-0.25, -0.2) is 8.42 Å². The molecule has 2 amide bonds. The highest BCUT2D eigenvalue weighted by Crippen LogP contribution is 2.36. The maximum atomic E-state index is 14.7. The van der Waals surface area contributed by atoms with Crippen LogP contribution >= 0.6 is 23.2 Å². The van der Waals surface area contributed by atoms with E-state index in [4.69, 9.17) is 23.2 Å². The highest BCUT2D eigenvalue weighted by molar-refractivity contribution is 7.92. The molecule has 0 aromatic heterocycles. The molecule has 4 aromatic rings. The van der Waals surface area contributed by atoms with Gasteiger partial charge < -0.3 is 10.2 Å². The summed E-state index contributed by atoms with van der Waals surface area (Å²) in [4.78, 5) is 30.3. The maximum Gasteiger partial charge on any atom is 0.264 e. The second-order valence-corrected chi connectivity index (χ2v) is 14.8. The van der Waals surface area contributed by atoms with Gasteiger partial charge in [0.25, 0.3) is 10.0 Å². The van der Waals surface area contributed by atoms with E-state index in [1.165, 1.54) is 23.1 Å². The first kappa shape index (κ1) is 34.5. The lowest BCUT2D eigenvalue weighted by molar-refractivity contribution is -0.140. The van der Waals surface area contributed by atoms with Crippen LogP contribution in [0.1, 0.15) is 47.9 Å². The van der Waals surface area contributed by atoms with E-state index in [2.05, 4.69) is 5.32 Å². The summed E-state index contributed by atoms with van der Waals surface area (Å²) in [5, 5.41) is 3.34. The number of benzene rings is 4. The van der Waals surface area contributed by atoms with Gasteiger partial charge >= 0.3 is 0 Å². The maximum absolute atomic E-state index is 14.7. The highest BCUT2D eigenvalue weighted by Gasteiger charge is 2.36. The number of hydrogen-bond acceptors (Lipinski definition) is 4. The molecule has 1 atom stereocenters. The van der Waals surface area contributed by atoms with Crippen LogP contribution in [0.15, 0.2) is 102 Å². The van der Waals surface area contributed by atoms with Crippen molar-refractivity contribution in [3.8, 4) is 0 Å². The van der Waals surface area contributed by atoms with E-state index in [0.29, 0.717) is 0 Å². The fourth-order valence-electron chi connectivity index (χ4n) is 5.96. The van der Waals surface area contributed by atoms with Crippen molar-refractivity contribution in [2.45, 2.75) is 69.5 Å². The molecule has 7 nitrogen and oxygen atoms in total. The molecule has 1 aliphatic carbocycles. The summed E-state index contributed by atoms with van der Waals surface area (Å²) >= 11 is 13.0. The Kier molecular flexibility index (Phi) is 11.3. The van der Waals surface area contributed by atoms with Crippen molar-refractivity contribution < 1.29 is 18.0 Å². The zero-order chi connectivity index (χ0) is 33.6. The van der Waals surface area contributed by atoms with Crippen molar-refractivity contribution in [2.75, 3.05) is 10.8 Å². The van der Waals surface area contributed by atoms with Crippen LogP contribution in [0.25, 0.3) is 0 Å². The lowest BCUT2D eigenvalue weighted by Crippen LogP contribution is -2.54. The minimum atomic E-state index is -4.30. The molecule has 0 heterocycles. The van der Waals surface area contributed by atoms with Gasteiger partial charge in [-0.1, -0.05) is 120 Å². The Morgan fingerprint density at radius 3 is 2.17 bits per heavy atom. The Balaban J connectivity index is 1.59. The molecular weight excluding hydrogens is 653 g/mol. The first-order valence-corrected chi connectivity index (χ1v) is 18.0.